The third-order valence-electron chi connectivity index (χ3n) is 6.44. The highest BCUT2D eigenvalue weighted by molar-refractivity contribution is 5.99. The summed E-state index contributed by atoms with van der Waals surface area (Å²) in [5.74, 6) is 0.423. The highest BCUT2D eigenvalue weighted by atomic mass is 16.2. The summed E-state index contributed by atoms with van der Waals surface area (Å²) in [6, 6.07) is 8.35. The highest BCUT2D eigenvalue weighted by Gasteiger charge is 2.38. The first-order chi connectivity index (χ1) is 14.1. The number of nitrogens with zero attached hydrogens (tertiary/aromatic N) is 4. The van der Waals surface area contributed by atoms with Crippen LogP contribution in [0.2, 0.25) is 0 Å². The molecule has 0 aromatic heterocycles. The lowest BCUT2D eigenvalue weighted by molar-refractivity contribution is 0.121. The van der Waals surface area contributed by atoms with E-state index in [0.717, 1.165) is 68.8 Å². The van der Waals surface area contributed by atoms with Crippen LogP contribution in [0.5, 0.6) is 0 Å². The Labute approximate surface area is 174 Å². The van der Waals surface area contributed by atoms with Gasteiger partial charge in [0.15, 0.2) is 0 Å². The molecular weight excluding hydrogens is 360 g/mol. The lowest BCUT2D eigenvalue weighted by Gasteiger charge is -2.43. The van der Waals surface area contributed by atoms with Gasteiger partial charge >= 0.3 is 6.03 Å². The molecule has 0 radical (unpaired) electrons. The monoisotopic (exact) mass is 392 g/mol. The molecular formula is C24H32N4O. The molecule has 0 spiro atoms. The maximum atomic E-state index is 13.2. The lowest BCUT2D eigenvalue weighted by Crippen LogP contribution is -2.57. The van der Waals surface area contributed by atoms with Crippen LogP contribution >= 0.6 is 0 Å². The molecule has 154 valence electrons. The van der Waals surface area contributed by atoms with E-state index < -0.39 is 0 Å². The Balaban J connectivity index is 1.73. The van der Waals surface area contributed by atoms with E-state index in [4.69, 9.17) is 9.98 Å². The predicted molar refractivity (Wildman–Crippen MR) is 119 cm³/mol. The van der Waals surface area contributed by atoms with E-state index in [1.807, 2.05) is 15.9 Å². The predicted octanol–water partition coefficient (Wildman–Crippen LogP) is 5.00. The minimum Gasteiger partial charge on any atom is -0.324 e. The zero-order valence-electron chi connectivity index (χ0n) is 17.9. The van der Waals surface area contributed by atoms with E-state index in [1.54, 1.807) is 0 Å². The van der Waals surface area contributed by atoms with Crippen molar-refractivity contribution in [1.29, 1.82) is 0 Å². The van der Waals surface area contributed by atoms with Gasteiger partial charge in [0.1, 0.15) is 6.04 Å². The molecule has 29 heavy (non-hydrogen) atoms. The molecule has 1 unspecified atom stereocenters. The Hall–Kier alpha value is -2.43. The normalized spacial score (nSPS) is 23.0. The fourth-order valence-electron chi connectivity index (χ4n) is 4.16. The third kappa shape index (κ3) is 4.00. The number of benzene rings is 1. The van der Waals surface area contributed by atoms with Crippen LogP contribution in [0.3, 0.4) is 0 Å². The van der Waals surface area contributed by atoms with Crippen molar-refractivity contribution in [2.75, 3.05) is 19.6 Å². The summed E-state index contributed by atoms with van der Waals surface area (Å²) in [5.41, 5.74) is 5.72. The summed E-state index contributed by atoms with van der Waals surface area (Å²) in [6.07, 6.45) is 6.95. The quantitative estimate of drug-likeness (QED) is 0.666. The number of urea groups is 1. The maximum absolute atomic E-state index is 13.2. The van der Waals surface area contributed by atoms with Crippen molar-refractivity contribution in [2.45, 2.75) is 58.9 Å². The van der Waals surface area contributed by atoms with Gasteiger partial charge in [-0.2, -0.15) is 0 Å². The number of likely N-dealkylation sites (tertiary alicyclic amines) is 1. The van der Waals surface area contributed by atoms with Gasteiger partial charge in [0.25, 0.3) is 0 Å². The Morgan fingerprint density at radius 2 is 2.03 bits per heavy atom. The number of fused-ring (bicyclic) bond motifs is 1. The van der Waals surface area contributed by atoms with E-state index >= 15 is 0 Å². The summed E-state index contributed by atoms with van der Waals surface area (Å²) in [7, 11) is 0. The number of rotatable bonds is 4. The number of amides is 2. The van der Waals surface area contributed by atoms with E-state index in [9.17, 15) is 4.79 Å². The van der Waals surface area contributed by atoms with Crippen molar-refractivity contribution in [2.24, 2.45) is 15.9 Å². The molecule has 5 heteroatoms. The standard InChI is InChI=1S/C24H32N4O/c1-4-17(2)16-25-22-18(3)12-15-28(24(29)27-13-7-14-27)23(22)21-11-10-19-8-5-6-9-20(19)26-21/h5-6,8-9,16-17,23H,4,7,10-15H2,1-3H3/t17?,23-/m1/s1. The molecule has 1 aromatic rings. The third-order valence-corrected chi connectivity index (χ3v) is 6.44. The molecule has 3 heterocycles. The van der Waals surface area contributed by atoms with Crippen molar-refractivity contribution in [3.63, 3.8) is 0 Å². The number of aliphatic imine (C=N–C) groups is 2. The smallest absolute Gasteiger partial charge is 0.320 e. The van der Waals surface area contributed by atoms with Gasteiger partial charge in [0.05, 0.1) is 11.4 Å². The van der Waals surface area contributed by atoms with Gasteiger partial charge in [-0.3, -0.25) is 9.98 Å². The van der Waals surface area contributed by atoms with Crippen molar-refractivity contribution < 1.29 is 4.79 Å². The maximum Gasteiger partial charge on any atom is 0.320 e. The molecule has 5 nitrogen and oxygen atoms in total. The Morgan fingerprint density at radius 1 is 1.24 bits per heavy atom. The molecule has 2 amide bonds. The highest BCUT2D eigenvalue weighted by Crippen LogP contribution is 2.33. The van der Waals surface area contributed by atoms with Gasteiger partial charge in [0.2, 0.25) is 0 Å². The lowest BCUT2D eigenvalue weighted by atomic mass is 9.90. The summed E-state index contributed by atoms with van der Waals surface area (Å²) >= 11 is 0. The largest absolute Gasteiger partial charge is 0.324 e. The van der Waals surface area contributed by atoms with Crippen molar-refractivity contribution >= 4 is 23.6 Å². The first-order valence-electron chi connectivity index (χ1n) is 11.0. The van der Waals surface area contributed by atoms with Crippen molar-refractivity contribution in [3.05, 3.63) is 41.1 Å². The van der Waals surface area contributed by atoms with Gasteiger partial charge in [-0.1, -0.05) is 32.0 Å². The van der Waals surface area contributed by atoms with Crippen LogP contribution in [-0.2, 0) is 6.42 Å². The van der Waals surface area contributed by atoms with Gasteiger partial charge in [-0.05, 0) is 62.1 Å². The molecule has 1 fully saturated rings. The van der Waals surface area contributed by atoms with Crippen LogP contribution in [-0.4, -0.2) is 53.4 Å². The molecule has 0 aliphatic carbocycles. The Kier molecular flexibility index (Phi) is 5.84. The van der Waals surface area contributed by atoms with Gasteiger partial charge in [0, 0.05) is 31.6 Å². The summed E-state index contributed by atoms with van der Waals surface area (Å²) in [5, 5.41) is 0. The average molecular weight is 393 g/mol. The van der Waals surface area contributed by atoms with E-state index in [1.165, 1.54) is 11.1 Å². The number of aryl methyl sites for hydroxylation is 1. The minimum atomic E-state index is -0.148. The second-order valence-electron chi connectivity index (χ2n) is 8.53. The van der Waals surface area contributed by atoms with Crippen molar-refractivity contribution in [3.8, 4) is 0 Å². The molecule has 3 aliphatic rings. The van der Waals surface area contributed by atoms with Crippen LogP contribution in [0.1, 0.15) is 52.0 Å². The van der Waals surface area contributed by atoms with Crippen molar-refractivity contribution in [1.82, 2.24) is 9.80 Å². The molecule has 3 aliphatic heterocycles. The summed E-state index contributed by atoms with van der Waals surface area (Å²) in [4.78, 5) is 27.2. The van der Waals surface area contributed by atoms with E-state index in [2.05, 4.69) is 45.2 Å². The molecule has 0 saturated carbocycles. The SMILES string of the molecule is CCC(C)C=NC1=C(C)CCN(C(=O)N2CCC2)[C@@H]1C1=Nc2ccccc2CC1. The van der Waals surface area contributed by atoms with Gasteiger partial charge < -0.3 is 9.80 Å². The van der Waals surface area contributed by atoms with Crippen LogP contribution < -0.4 is 0 Å². The first kappa shape index (κ1) is 19.9. The molecule has 0 N–H and O–H groups in total. The number of hydrogen-bond donors (Lipinski definition) is 0. The number of hydrogen-bond acceptors (Lipinski definition) is 3. The van der Waals surface area contributed by atoms with Crippen LogP contribution in [0.4, 0.5) is 10.5 Å². The topological polar surface area (TPSA) is 48.3 Å². The van der Waals surface area contributed by atoms with Crippen LogP contribution in [0.15, 0.2) is 45.5 Å². The first-order valence-corrected chi connectivity index (χ1v) is 11.0. The molecule has 4 rings (SSSR count). The molecule has 1 saturated heterocycles. The van der Waals surface area contributed by atoms with Gasteiger partial charge in [-0.25, -0.2) is 4.79 Å². The fraction of sp³-hybridized carbons (Fsp3) is 0.542. The Bertz CT molecular complexity index is 865. The zero-order valence-corrected chi connectivity index (χ0v) is 17.9. The minimum absolute atomic E-state index is 0.145. The molecule has 0 bridgehead atoms. The number of carbonyl (C=O) groups is 1. The second-order valence-corrected chi connectivity index (χ2v) is 8.53. The molecule has 2 atom stereocenters. The van der Waals surface area contributed by atoms with Gasteiger partial charge in [-0.15, -0.1) is 0 Å². The second kappa shape index (κ2) is 8.52. The number of para-hydroxylation sites is 1. The number of carbonyl (C=O) groups excluding carboxylic acids is 1. The van der Waals surface area contributed by atoms with E-state index in [-0.39, 0.29) is 12.1 Å². The van der Waals surface area contributed by atoms with Crippen LogP contribution in [0, 0.1) is 5.92 Å². The zero-order chi connectivity index (χ0) is 20.4. The van der Waals surface area contributed by atoms with Crippen LogP contribution in [0.25, 0.3) is 0 Å². The fourth-order valence-corrected chi connectivity index (χ4v) is 4.16. The summed E-state index contributed by atoms with van der Waals surface area (Å²) < 4.78 is 0. The molecule has 1 aromatic carbocycles. The Morgan fingerprint density at radius 3 is 2.76 bits per heavy atom. The van der Waals surface area contributed by atoms with E-state index in [0.29, 0.717) is 5.92 Å². The average Bonchev–Trinajstić information content (AvgIpc) is 2.70. The summed E-state index contributed by atoms with van der Waals surface area (Å²) in [6.45, 7) is 9.01.